The largest absolute Gasteiger partial charge is 0.573 e. The van der Waals surface area contributed by atoms with Crippen LogP contribution in [0.2, 0.25) is 0 Å². The van der Waals surface area contributed by atoms with Gasteiger partial charge < -0.3 is 4.74 Å². The fourth-order valence-corrected chi connectivity index (χ4v) is 2.45. The molecule has 1 aromatic rings. The van der Waals surface area contributed by atoms with Crippen LogP contribution >= 0.6 is 11.8 Å². The number of ether oxygens (including phenoxy) is 1. The molecule has 22 heavy (non-hydrogen) atoms. The number of halogens is 3. The topological polar surface area (TPSA) is 67.4 Å². The van der Waals surface area contributed by atoms with Gasteiger partial charge in [-0.1, -0.05) is 6.08 Å². The first kappa shape index (κ1) is 16.2. The van der Waals surface area contributed by atoms with Crippen molar-refractivity contribution in [3.05, 3.63) is 41.3 Å². The van der Waals surface area contributed by atoms with Crippen LogP contribution in [-0.2, 0) is 4.79 Å². The molecule has 0 aliphatic carbocycles. The number of carbonyl (C=O) groups excluding carboxylic acids is 2. The number of benzene rings is 1. The van der Waals surface area contributed by atoms with Gasteiger partial charge in [0.25, 0.3) is 11.8 Å². The number of hydrogen-bond donors (Lipinski definition) is 2. The lowest BCUT2D eigenvalue weighted by atomic mass is 10.2. The summed E-state index contributed by atoms with van der Waals surface area (Å²) in [5.74, 6) is -1.41. The number of carbonyl (C=O) groups is 2. The van der Waals surface area contributed by atoms with E-state index in [1.807, 2.05) is 6.08 Å². The molecule has 118 valence electrons. The molecule has 0 fully saturated rings. The van der Waals surface area contributed by atoms with Gasteiger partial charge >= 0.3 is 6.36 Å². The third kappa shape index (κ3) is 4.69. The van der Waals surface area contributed by atoms with E-state index < -0.39 is 18.0 Å². The molecule has 2 N–H and O–H groups in total. The molecule has 0 bridgehead atoms. The number of allylic oxidation sites excluding steroid dienone is 1. The van der Waals surface area contributed by atoms with E-state index in [4.69, 9.17) is 0 Å². The van der Waals surface area contributed by atoms with Crippen LogP contribution in [0.15, 0.2) is 35.7 Å². The first-order chi connectivity index (χ1) is 10.3. The predicted octanol–water partition coefficient (Wildman–Crippen LogP) is 2.37. The van der Waals surface area contributed by atoms with E-state index in [0.717, 1.165) is 24.3 Å². The maximum Gasteiger partial charge on any atom is 0.573 e. The van der Waals surface area contributed by atoms with Crippen molar-refractivity contribution < 1.29 is 27.5 Å². The molecule has 2 rings (SSSR count). The maximum atomic E-state index is 12.0. The third-order valence-corrected chi connectivity index (χ3v) is 3.72. The SMILES string of the molecule is O=C(NNC(=O)C1CC=CS1)c1ccc(OC(F)(F)F)cc1. The van der Waals surface area contributed by atoms with E-state index in [9.17, 15) is 22.8 Å². The number of amides is 2. The number of thioether (sulfide) groups is 1. The summed E-state index contributed by atoms with van der Waals surface area (Å²) in [7, 11) is 0. The number of hydrazine groups is 1. The van der Waals surface area contributed by atoms with Crippen LogP contribution in [0.25, 0.3) is 0 Å². The molecule has 0 radical (unpaired) electrons. The van der Waals surface area contributed by atoms with Gasteiger partial charge in [-0.25, -0.2) is 0 Å². The van der Waals surface area contributed by atoms with Crippen molar-refractivity contribution in [2.75, 3.05) is 0 Å². The summed E-state index contributed by atoms with van der Waals surface area (Å²) in [4.78, 5) is 23.4. The van der Waals surface area contributed by atoms with Crippen LogP contribution in [-0.4, -0.2) is 23.4 Å². The van der Waals surface area contributed by atoms with E-state index in [2.05, 4.69) is 15.6 Å². The average molecular weight is 332 g/mol. The van der Waals surface area contributed by atoms with Gasteiger partial charge in [-0.05, 0) is 36.1 Å². The Labute approximate surface area is 127 Å². The maximum absolute atomic E-state index is 12.0. The van der Waals surface area contributed by atoms with Crippen molar-refractivity contribution in [3.8, 4) is 5.75 Å². The second kappa shape index (κ2) is 6.73. The fourth-order valence-electron chi connectivity index (χ4n) is 1.63. The van der Waals surface area contributed by atoms with E-state index in [1.54, 1.807) is 5.41 Å². The molecular weight excluding hydrogens is 321 g/mol. The van der Waals surface area contributed by atoms with Crippen LogP contribution in [0.5, 0.6) is 5.75 Å². The highest BCUT2D eigenvalue weighted by Gasteiger charge is 2.31. The average Bonchev–Trinajstić information content (AvgIpc) is 2.97. The third-order valence-electron chi connectivity index (χ3n) is 2.63. The van der Waals surface area contributed by atoms with Crippen LogP contribution in [0.1, 0.15) is 16.8 Å². The Morgan fingerprint density at radius 3 is 2.41 bits per heavy atom. The molecule has 0 saturated carbocycles. The Balaban J connectivity index is 1.85. The summed E-state index contributed by atoms with van der Waals surface area (Å²) in [6.45, 7) is 0. The molecule has 0 saturated heterocycles. The standard InChI is InChI=1S/C13H11F3N2O3S/c14-13(15,16)21-9-5-3-8(4-6-9)11(19)17-18-12(20)10-2-1-7-22-10/h1,3-7,10H,2H2,(H,17,19)(H,18,20). The summed E-state index contributed by atoms with van der Waals surface area (Å²) < 4.78 is 39.7. The Bertz CT molecular complexity index is 579. The van der Waals surface area contributed by atoms with Gasteiger partial charge in [0, 0.05) is 5.56 Å². The first-order valence-corrected chi connectivity index (χ1v) is 7.06. The highest BCUT2D eigenvalue weighted by Crippen LogP contribution is 2.24. The Kier molecular flexibility index (Phi) is 4.96. The quantitative estimate of drug-likeness (QED) is 0.834. The van der Waals surface area contributed by atoms with Crippen molar-refractivity contribution in [2.24, 2.45) is 0 Å². The van der Waals surface area contributed by atoms with Gasteiger partial charge in [0.1, 0.15) is 5.75 Å². The molecule has 5 nitrogen and oxygen atoms in total. The van der Waals surface area contributed by atoms with Gasteiger partial charge in [0.2, 0.25) is 0 Å². The summed E-state index contributed by atoms with van der Waals surface area (Å²) in [5.41, 5.74) is 4.56. The number of rotatable bonds is 3. The van der Waals surface area contributed by atoms with Crippen molar-refractivity contribution in [1.29, 1.82) is 0 Å². The van der Waals surface area contributed by atoms with E-state index in [-0.39, 0.29) is 16.7 Å². The van der Waals surface area contributed by atoms with Gasteiger partial charge in [-0.3, -0.25) is 20.4 Å². The highest BCUT2D eigenvalue weighted by molar-refractivity contribution is 8.03. The van der Waals surface area contributed by atoms with Crippen molar-refractivity contribution in [1.82, 2.24) is 10.9 Å². The van der Waals surface area contributed by atoms with Crippen molar-refractivity contribution in [2.45, 2.75) is 18.0 Å². The van der Waals surface area contributed by atoms with Crippen LogP contribution in [0, 0.1) is 0 Å². The number of nitrogens with one attached hydrogen (secondary N) is 2. The molecule has 0 aromatic heterocycles. The lowest BCUT2D eigenvalue weighted by Gasteiger charge is -2.12. The zero-order valence-corrected chi connectivity index (χ0v) is 11.8. The molecular formula is C13H11F3N2O3S. The molecule has 1 aromatic carbocycles. The zero-order valence-electron chi connectivity index (χ0n) is 11.0. The smallest absolute Gasteiger partial charge is 0.406 e. The molecule has 1 atom stereocenters. The fraction of sp³-hybridized carbons (Fsp3) is 0.231. The van der Waals surface area contributed by atoms with E-state index in [1.165, 1.54) is 11.8 Å². The Morgan fingerprint density at radius 1 is 1.18 bits per heavy atom. The van der Waals surface area contributed by atoms with Gasteiger partial charge in [0.15, 0.2) is 0 Å². The minimum Gasteiger partial charge on any atom is -0.406 e. The molecule has 1 unspecified atom stereocenters. The first-order valence-electron chi connectivity index (χ1n) is 6.11. The van der Waals surface area contributed by atoms with E-state index >= 15 is 0 Å². The van der Waals surface area contributed by atoms with Gasteiger partial charge in [-0.2, -0.15) is 0 Å². The van der Waals surface area contributed by atoms with Crippen LogP contribution in [0.3, 0.4) is 0 Å². The minimum absolute atomic E-state index is 0.0898. The van der Waals surface area contributed by atoms with Crippen LogP contribution in [0.4, 0.5) is 13.2 Å². The monoisotopic (exact) mass is 332 g/mol. The second-order valence-corrected chi connectivity index (χ2v) is 5.36. The normalized spacial score (nSPS) is 17.1. The number of hydrogen-bond acceptors (Lipinski definition) is 4. The predicted molar refractivity (Wildman–Crippen MR) is 73.9 cm³/mol. The van der Waals surface area contributed by atoms with Crippen molar-refractivity contribution in [3.63, 3.8) is 0 Å². The molecule has 1 heterocycles. The summed E-state index contributed by atoms with van der Waals surface area (Å²) in [5, 5.41) is 1.51. The van der Waals surface area contributed by atoms with E-state index in [0.29, 0.717) is 6.42 Å². The molecule has 1 aliphatic heterocycles. The second-order valence-electron chi connectivity index (χ2n) is 4.25. The summed E-state index contributed by atoms with van der Waals surface area (Å²) >= 11 is 1.34. The lowest BCUT2D eigenvalue weighted by Crippen LogP contribution is -2.45. The van der Waals surface area contributed by atoms with Crippen molar-refractivity contribution >= 4 is 23.6 Å². The molecule has 9 heteroatoms. The van der Waals surface area contributed by atoms with Gasteiger partial charge in [0.05, 0.1) is 5.25 Å². The Morgan fingerprint density at radius 2 is 1.86 bits per heavy atom. The molecule has 0 spiro atoms. The number of alkyl halides is 3. The summed E-state index contributed by atoms with van der Waals surface area (Å²) in [6.07, 6.45) is -2.36. The zero-order chi connectivity index (χ0) is 16.2. The van der Waals surface area contributed by atoms with Gasteiger partial charge in [-0.15, -0.1) is 24.9 Å². The Hall–Kier alpha value is -2.16. The highest BCUT2D eigenvalue weighted by atomic mass is 32.2. The molecule has 2 amide bonds. The van der Waals surface area contributed by atoms with Crippen LogP contribution < -0.4 is 15.6 Å². The summed E-state index contributed by atoms with van der Waals surface area (Å²) in [6, 6.07) is 4.35. The minimum atomic E-state index is -4.79. The molecule has 1 aliphatic rings. The lowest BCUT2D eigenvalue weighted by molar-refractivity contribution is -0.274.